The molecule has 0 spiro atoms. The third kappa shape index (κ3) is 4.17. The molecule has 1 aliphatic heterocycles. The lowest BCUT2D eigenvalue weighted by atomic mass is 10.1. The Morgan fingerprint density at radius 3 is 2.78 bits per heavy atom. The van der Waals surface area contributed by atoms with E-state index in [2.05, 4.69) is 10.3 Å². The van der Waals surface area contributed by atoms with Crippen LogP contribution in [0.3, 0.4) is 0 Å². The van der Waals surface area contributed by atoms with Gasteiger partial charge in [-0.15, -0.1) is 0 Å². The van der Waals surface area contributed by atoms with Crippen molar-refractivity contribution in [1.82, 2.24) is 9.88 Å². The van der Waals surface area contributed by atoms with Crippen LogP contribution in [0.5, 0.6) is 5.19 Å². The molecule has 2 heterocycles. The predicted octanol–water partition coefficient (Wildman–Crippen LogP) is 5.33. The molecule has 27 heavy (non-hydrogen) atoms. The smallest absolute Gasteiger partial charge is 0.321 e. The molecule has 1 fully saturated rings. The molecule has 7 heteroatoms. The largest absolute Gasteiger partial charge is 0.467 e. The maximum absolute atomic E-state index is 12.4. The van der Waals surface area contributed by atoms with Crippen molar-refractivity contribution in [3.8, 4) is 5.19 Å². The number of urea groups is 1. The van der Waals surface area contributed by atoms with Crippen LogP contribution in [0.2, 0.25) is 5.02 Å². The summed E-state index contributed by atoms with van der Waals surface area (Å²) < 4.78 is 7.07. The minimum absolute atomic E-state index is 0.0624. The first kappa shape index (κ1) is 18.1. The molecule has 4 rings (SSSR count). The normalized spacial score (nSPS) is 15.1. The van der Waals surface area contributed by atoms with Gasteiger partial charge in [0.25, 0.3) is 5.19 Å². The number of aromatic nitrogens is 1. The standard InChI is InChI=1S/C20H20ClN3O2S/c1-13-4-2-5-14(12-13)22-19(25)24-10-8-15(9-11-24)26-20-23-18-16(21)6-3-7-17(18)27-20/h2-7,12,15H,8-11H2,1H3,(H,22,25). The van der Waals surface area contributed by atoms with E-state index in [1.54, 1.807) is 0 Å². The molecule has 140 valence electrons. The molecule has 1 aromatic heterocycles. The second kappa shape index (κ2) is 7.74. The zero-order chi connectivity index (χ0) is 18.8. The zero-order valence-electron chi connectivity index (χ0n) is 14.9. The second-order valence-corrected chi connectivity index (χ2v) is 8.07. The van der Waals surface area contributed by atoms with Crippen LogP contribution in [0.4, 0.5) is 10.5 Å². The molecule has 2 amide bonds. The van der Waals surface area contributed by atoms with Crippen molar-refractivity contribution in [3.63, 3.8) is 0 Å². The van der Waals surface area contributed by atoms with Crippen molar-refractivity contribution >= 4 is 44.9 Å². The number of ether oxygens (including phenoxy) is 1. The van der Waals surface area contributed by atoms with E-state index in [0.29, 0.717) is 23.3 Å². The molecule has 1 aliphatic rings. The fourth-order valence-corrected chi connectivity index (χ4v) is 4.37. The topological polar surface area (TPSA) is 54.5 Å². The third-order valence-corrected chi connectivity index (χ3v) is 5.83. The Morgan fingerprint density at radius 2 is 2.04 bits per heavy atom. The van der Waals surface area contributed by atoms with E-state index in [0.717, 1.165) is 34.3 Å². The highest BCUT2D eigenvalue weighted by molar-refractivity contribution is 7.20. The van der Waals surface area contributed by atoms with Gasteiger partial charge in [-0.1, -0.05) is 41.1 Å². The molecule has 3 aromatic rings. The van der Waals surface area contributed by atoms with Crippen molar-refractivity contribution in [3.05, 3.63) is 53.1 Å². The summed E-state index contributed by atoms with van der Waals surface area (Å²) in [5, 5.41) is 4.24. The summed E-state index contributed by atoms with van der Waals surface area (Å²) in [6.45, 7) is 3.33. The Kier molecular flexibility index (Phi) is 5.18. The molecular formula is C20H20ClN3O2S. The number of anilines is 1. The number of halogens is 1. The van der Waals surface area contributed by atoms with Crippen molar-refractivity contribution in [2.75, 3.05) is 18.4 Å². The molecule has 0 atom stereocenters. The molecule has 1 saturated heterocycles. The van der Waals surface area contributed by atoms with Crippen LogP contribution in [0.25, 0.3) is 10.2 Å². The molecule has 0 radical (unpaired) electrons. The van der Waals surface area contributed by atoms with Gasteiger partial charge in [-0.05, 0) is 36.8 Å². The maximum atomic E-state index is 12.4. The Morgan fingerprint density at radius 1 is 1.26 bits per heavy atom. The Hall–Kier alpha value is -2.31. The van der Waals surface area contributed by atoms with Gasteiger partial charge in [-0.2, -0.15) is 0 Å². The average Bonchev–Trinajstić information content (AvgIpc) is 3.06. The highest BCUT2D eigenvalue weighted by atomic mass is 35.5. The van der Waals surface area contributed by atoms with E-state index >= 15 is 0 Å². The van der Waals surface area contributed by atoms with Crippen LogP contribution < -0.4 is 10.1 Å². The molecule has 0 bridgehead atoms. The van der Waals surface area contributed by atoms with Gasteiger partial charge in [0, 0.05) is 31.6 Å². The quantitative estimate of drug-likeness (QED) is 0.645. The van der Waals surface area contributed by atoms with Crippen molar-refractivity contribution in [2.24, 2.45) is 0 Å². The summed E-state index contributed by atoms with van der Waals surface area (Å²) in [7, 11) is 0. The first-order valence-electron chi connectivity index (χ1n) is 8.93. The van der Waals surface area contributed by atoms with Gasteiger partial charge >= 0.3 is 6.03 Å². The number of nitrogens with one attached hydrogen (secondary N) is 1. The van der Waals surface area contributed by atoms with Gasteiger partial charge in [0.1, 0.15) is 11.6 Å². The minimum atomic E-state index is -0.0641. The van der Waals surface area contributed by atoms with Gasteiger partial charge in [0.2, 0.25) is 0 Å². The number of nitrogens with zero attached hydrogens (tertiary/aromatic N) is 2. The lowest BCUT2D eigenvalue weighted by molar-refractivity contribution is 0.115. The molecule has 1 N–H and O–H groups in total. The number of aryl methyl sites for hydroxylation is 1. The van der Waals surface area contributed by atoms with Gasteiger partial charge < -0.3 is 15.0 Å². The number of amides is 2. The molecular weight excluding hydrogens is 382 g/mol. The fraction of sp³-hybridized carbons (Fsp3) is 0.300. The number of likely N-dealkylation sites (tertiary alicyclic amines) is 1. The number of benzene rings is 2. The Bertz CT molecular complexity index is 967. The van der Waals surface area contributed by atoms with Gasteiger partial charge in [0.15, 0.2) is 0 Å². The highest BCUT2D eigenvalue weighted by Crippen LogP contribution is 2.33. The summed E-state index contributed by atoms with van der Waals surface area (Å²) in [6.07, 6.45) is 1.63. The van der Waals surface area contributed by atoms with Gasteiger partial charge in [-0.3, -0.25) is 0 Å². The van der Waals surface area contributed by atoms with Crippen LogP contribution in [-0.2, 0) is 0 Å². The Balaban J connectivity index is 1.33. The molecule has 0 aliphatic carbocycles. The lowest BCUT2D eigenvalue weighted by Crippen LogP contribution is -2.43. The van der Waals surface area contributed by atoms with Gasteiger partial charge in [-0.25, -0.2) is 9.78 Å². The number of hydrogen-bond acceptors (Lipinski definition) is 4. The number of rotatable bonds is 3. The average molecular weight is 402 g/mol. The highest BCUT2D eigenvalue weighted by Gasteiger charge is 2.25. The van der Waals surface area contributed by atoms with E-state index in [-0.39, 0.29) is 12.1 Å². The summed E-state index contributed by atoms with van der Waals surface area (Å²) in [6, 6.07) is 13.5. The Labute approximate surface area is 166 Å². The van der Waals surface area contributed by atoms with Crippen LogP contribution in [0, 0.1) is 6.92 Å². The van der Waals surface area contributed by atoms with Gasteiger partial charge in [0.05, 0.1) is 9.72 Å². The number of thiazole rings is 1. The van der Waals surface area contributed by atoms with E-state index in [1.165, 1.54) is 11.3 Å². The first-order valence-corrected chi connectivity index (χ1v) is 10.1. The van der Waals surface area contributed by atoms with Crippen LogP contribution in [0.15, 0.2) is 42.5 Å². The minimum Gasteiger partial charge on any atom is -0.467 e. The number of fused-ring (bicyclic) bond motifs is 1. The molecule has 0 saturated carbocycles. The lowest BCUT2D eigenvalue weighted by Gasteiger charge is -2.31. The van der Waals surface area contributed by atoms with E-state index in [1.807, 2.05) is 54.3 Å². The SMILES string of the molecule is Cc1cccc(NC(=O)N2CCC(Oc3nc4c(Cl)cccc4s3)CC2)c1. The van der Waals surface area contributed by atoms with Crippen LogP contribution in [-0.4, -0.2) is 35.1 Å². The monoisotopic (exact) mass is 401 g/mol. The summed E-state index contributed by atoms with van der Waals surface area (Å²) >= 11 is 7.69. The number of piperidine rings is 1. The van der Waals surface area contributed by atoms with E-state index in [4.69, 9.17) is 16.3 Å². The van der Waals surface area contributed by atoms with Crippen LogP contribution in [0.1, 0.15) is 18.4 Å². The summed E-state index contributed by atoms with van der Waals surface area (Å²) in [4.78, 5) is 18.8. The molecule has 2 aromatic carbocycles. The molecule has 5 nitrogen and oxygen atoms in total. The van der Waals surface area contributed by atoms with E-state index in [9.17, 15) is 4.79 Å². The predicted molar refractivity (Wildman–Crippen MR) is 110 cm³/mol. The third-order valence-electron chi connectivity index (χ3n) is 4.62. The van der Waals surface area contributed by atoms with E-state index < -0.39 is 0 Å². The van der Waals surface area contributed by atoms with Crippen molar-refractivity contribution in [1.29, 1.82) is 0 Å². The number of carbonyl (C=O) groups excluding carboxylic acids is 1. The summed E-state index contributed by atoms with van der Waals surface area (Å²) in [5.41, 5.74) is 2.73. The number of hydrogen-bond donors (Lipinski definition) is 1. The van der Waals surface area contributed by atoms with Crippen molar-refractivity contribution in [2.45, 2.75) is 25.9 Å². The van der Waals surface area contributed by atoms with Crippen LogP contribution >= 0.6 is 22.9 Å². The maximum Gasteiger partial charge on any atom is 0.321 e. The molecule has 0 unspecified atom stereocenters. The van der Waals surface area contributed by atoms with Crippen molar-refractivity contribution < 1.29 is 9.53 Å². The number of para-hydroxylation sites is 1. The fourth-order valence-electron chi connectivity index (χ4n) is 3.19. The number of carbonyl (C=O) groups is 1. The first-order chi connectivity index (χ1) is 13.1. The second-order valence-electron chi connectivity index (χ2n) is 6.67. The summed E-state index contributed by atoms with van der Waals surface area (Å²) in [5.74, 6) is 0. The zero-order valence-corrected chi connectivity index (χ0v) is 16.5.